The number of aromatic amines is 1. The molecule has 2 rings (SSSR count). The van der Waals surface area contributed by atoms with Crippen molar-refractivity contribution in [2.24, 2.45) is 5.73 Å². The van der Waals surface area contributed by atoms with Gasteiger partial charge < -0.3 is 10.7 Å². The van der Waals surface area contributed by atoms with Gasteiger partial charge in [0.25, 0.3) is 0 Å². The van der Waals surface area contributed by atoms with Crippen molar-refractivity contribution < 1.29 is 0 Å². The Kier molecular flexibility index (Phi) is 4.38. The summed E-state index contributed by atoms with van der Waals surface area (Å²) in [6, 6.07) is 8.49. The van der Waals surface area contributed by atoms with Gasteiger partial charge >= 0.3 is 0 Å². The molecule has 0 amide bonds. The summed E-state index contributed by atoms with van der Waals surface area (Å²) in [5.41, 5.74) is 10.4. The third-order valence-electron chi connectivity index (χ3n) is 3.54. The van der Waals surface area contributed by atoms with Crippen LogP contribution in [0.15, 0.2) is 24.3 Å². The van der Waals surface area contributed by atoms with Crippen molar-refractivity contribution >= 4 is 0 Å². The van der Waals surface area contributed by atoms with Crippen LogP contribution in [0.5, 0.6) is 0 Å². The summed E-state index contributed by atoms with van der Waals surface area (Å²) in [7, 11) is 0. The maximum atomic E-state index is 5.85. The van der Waals surface area contributed by atoms with E-state index in [0.717, 1.165) is 35.6 Å². The second-order valence-electron chi connectivity index (χ2n) is 5.18. The molecule has 3 N–H and O–H groups in total. The lowest BCUT2D eigenvalue weighted by Gasteiger charge is -2.09. The predicted molar refractivity (Wildman–Crippen MR) is 80.2 cm³/mol. The fourth-order valence-electron chi connectivity index (χ4n) is 2.38. The highest BCUT2D eigenvalue weighted by molar-refractivity contribution is 5.62. The Bertz CT molecular complexity index is 525. The highest BCUT2D eigenvalue weighted by Gasteiger charge is 2.15. The summed E-state index contributed by atoms with van der Waals surface area (Å²) < 4.78 is 0. The van der Waals surface area contributed by atoms with Crippen molar-refractivity contribution in [2.45, 2.75) is 39.5 Å². The predicted octanol–water partition coefficient (Wildman–Crippen LogP) is 3.54. The molecule has 0 fully saturated rings. The quantitative estimate of drug-likeness (QED) is 0.860. The molecular formula is C16H23N3. The van der Waals surface area contributed by atoms with E-state index in [2.05, 4.69) is 50.0 Å². The number of benzene rings is 1. The second kappa shape index (κ2) is 6.02. The van der Waals surface area contributed by atoms with Crippen LogP contribution < -0.4 is 5.73 Å². The number of hydrogen-bond donors (Lipinski definition) is 2. The molecular weight excluding hydrogens is 234 g/mol. The third-order valence-corrected chi connectivity index (χ3v) is 3.54. The molecule has 0 bridgehead atoms. The lowest BCUT2D eigenvalue weighted by Crippen LogP contribution is -2.13. The summed E-state index contributed by atoms with van der Waals surface area (Å²) in [6.45, 7) is 7.00. The molecule has 1 aromatic carbocycles. The molecule has 19 heavy (non-hydrogen) atoms. The Balaban J connectivity index is 2.32. The summed E-state index contributed by atoms with van der Waals surface area (Å²) >= 11 is 0. The van der Waals surface area contributed by atoms with Gasteiger partial charge in [-0.1, -0.05) is 43.2 Å². The largest absolute Gasteiger partial charge is 0.345 e. The summed E-state index contributed by atoms with van der Waals surface area (Å²) in [4.78, 5) is 8.17. The topological polar surface area (TPSA) is 54.7 Å². The number of imidazole rings is 1. The molecule has 0 saturated heterocycles. The van der Waals surface area contributed by atoms with Crippen molar-refractivity contribution in [3.63, 3.8) is 0 Å². The maximum Gasteiger partial charge on any atom is 0.111 e. The average Bonchev–Trinajstić information content (AvgIpc) is 2.79. The summed E-state index contributed by atoms with van der Waals surface area (Å²) in [5.74, 6) is 1.36. The van der Waals surface area contributed by atoms with Crippen LogP contribution >= 0.6 is 0 Å². The zero-order valence-corrected chi connectivity index (χ0v) is 12.0. The third kappa shape index (κ3) is 3.04. The van der Waals surface area contributed by atoms with Crippen molar-refractivity contribution in [1.82, 2.24) is 9.97 Å². The van der Waals surface area contributed by atoms with E-state index in [9.17, 15) is 0 Å². The molecule has 102 valence electrons. The molecule has 0 spiro atoms. The zero-order valence-electron chi connectivity index (χ0n) is 12.0. The van der Waals surface area contributed by atoms with Crippen LogP contribution in [0, 0.1) is 13.8 Å². The lowest BCUT2D eigenvalue weighted by atomic mass is 10.0. The van der Waals surface area contributed by atoms with Gasteiger partial charge in [-0.2, -0.15) is 0 Å². The first-order valence-corrected chi connectivity index (χ1v) is 6.99. The summed E-state index contributed by atoms with van der Waals surface area (Å²) in [5, 5.41) is 0. The molecule has 1 heterocycles. The van der Waals surface area contributed by atoms with E-state index in [1.807, 2.05) is 0 Å². The maximum absolute atomic E-state index is 5.85. The monoisotopic (exact) mass is 257 g/mol. The van der Waals surface area contributed by atoms with Crippen LogP contribution in [-0.4, -0.2) is 16.5 Å². The van der Waals surface area contributed by atoms with Crippen LogP contribution in [0.2, 0.25) is 0 Å². The van der Waals surface area contributed by atoms with Crippen molar-refractivity contribution in [2.75, 3.05) is 6.54 Å². The Morgan fingerprint density at radius 3 is 2.47 bits per heavy atom. The van der Waals surface area contributed by atoms with Crippen LogP contribution in [0.3, 0.4) is 0 Å². The molecule has 1 unspecified atom stereocenters. The number of aryl methyl sites for hydroxylation is 2. The van der Waals surface area contributed by atoms with Gasteiger partial charge in [-0.3, -0.25) is 0 Å². The van der Waals surface area contributed by atoms with Gasteiger partial charge in [0.1, 0.15) is 5.82 Å². The molecule has 2 aromatic rings. The molecule has 0 aliphatic carbocycles. The number of hydrogen-bond acceptors (Lipinski definition) is 2. The first-order valence-electron chi connectivity index (χ1n) is 6.99. The van der Waals surface area contributed by atoms with E-state index >= 15 is 0 Å². The van der Waals surface area contributed by atoms with Gasteiger partial charge in [0.2, 0.25) is 0 Å². The van der Waals surface area contributed by atoms with Crippen molar-refractivity contribution in [3.05, 3.63) is 41.3 Å². The minimum Gasteiger partial charge on any atom is -0.345 e. The fourth-order valence-corrected chi connectivity index (χ4v) is 2.38. The number of nitrogens with two attached hydrogens (primary N) is 1. The van der Waals surface area contributed by atoms with E-state index in [0.29, 0.717) is 12.5 Å². The van der Waals surface area contributed by atoms with Crippen LogP contribution in [0.25, 0.3) is 11.3 Å². The highest BCUT2D eigenvalue weighted by atomic mass is 14.9. The molecule has 0 radical (unpaired) electrons. The van der Waals surface area contributed by atoms with Gasteiger partial charge in [0, 0.05) is 23.7 Å². The number of H-pyrrole nitrogens is 1. The minimum absolute atomic E-state index is 0.336. The van der Waals surface area contributed by atoms with E-state index in [1.165, 1.54) is 5.56 Å². The second-order valence-corrected chi connectivity index (χ2v) is 5.18. The molecule has 0 saturated carbocycles. The smallest absolute Gasteiger partial charge is 0.111 e. The van der Waals surface area contributed by atoms with E-state index in [4.69, 9.17) is 10.7 Å². The minimum atomic E-state index is 0.336. The van der Waals surface area contributed by atoms with Crippen molar-refractivity contribution in [3.8, 4) is 11.3 Å². The Morgan fingerprint density at radius 2 is 1.89 bits per heavy atom. The molecule has 0 aliphatic rings. The molecule has 1 atom stereocenters. The fraction of sp³-hybridized carbons (Fsp3) is 0.438. The summed E-state index contributed by atoms with van der Waals surface area (Å²) in [6.07, 6.45) is 2.21. The van der Waals surface area contributed by atoms with Crippen LogP contribution in [0.4, 0.5) is 0 Å². The first kappa shape index (κ1) is 13.8. The highest BCUT2D eigenvalue weighted by Crippen LogP contribution is 2.25. The van der Waals surface area contributed by atoms with Gasteiger partial charge in [0.05, 0.1) is 5.69 Å². The standard InChI is InChI=1S/C16H23N3/c1-4-5-14(10-17)16-18-12(3)15(19-16)13-8-6-11(2)7-9-13/h6-9,14H,4-5,10,17H2,1-3H3,(H,18,19). The lowest BCUT2D eigenvalue weighted by molar-refractivity contribution is 0.594. The van der Waals surface area contributed by atoms with E-state index in [-0.39, 0.29) is 0 Å². The number of nitrogens with one attached hydrogen (secondary N) is 1. The van der Waals surface area contributed by atoms with Crippen molar-refractivity contribution in [1.29, 1.82) is 0 Å². The van der Waals surface area contributed by atoms with Gasteiger partial charge in [-0.25, -0.2) is 4.98 Å². The van der Waals surface area contributed by atoms with E-state index in [1.54, 1.807) is 0 Å². The SMILES string of the molecule is CCCC(CN)c1nc(-c2ccc(C)cc2)c(C)[nH]1. The van der Waals surface area contributed by atoms with Gasteiger partial charge in [-0.05, 0) is 20.3 Å². The normalized spacial score (nSPS) is 12.6. The zero-order chi connectivity index (χ0) is 13.8. The first-order chi connectivity index (χ1) is 9.15. The molecule has 0 aliphatic heterocycles. The Hall–Kier alpha value is -1.61. The average molecular weight is 257 g/mol. The number of nitrogens with zero attached hydrogens (tertiary/aromatic N) is 1. The van der Waals surface area contributed by atoms with Gasteiger partial charge in [-0.15, -0.1) is 0 Å². The van der Waals surface area contributed by atoms with E-state index < -0.39 is 0 Å². The van der Waals surface area contributed by atoms with Crippen LogP contribution in [0.1, 0.15) is 42.8 Å². The molecule has 3 nitrogen and oxygen atoms in total. The molecule has 3 heteroatoms. The van der Waals surface area contributed by atoms with Crippen LogP contribution in [-0.2, 0) is 0 Å². The van der Waals surface area contributed by atoms with Gasteiger partial charge in [0.15, 0.2) is 0 Å². The number of aromatic nitrogens is 2. The molecule has 1 aromatic heterocycles. The Labute approximate surface area is 115 Å². The Morgan fingerprint density at radius 1 is 1.21 bits per heavy atom. The number of rotatable bonds is 5.